The predicted molar refractivity (Wildman–Crippen MR) is 69.5 cm³/mol. The number of carbonyl (C=O) groups is 1. The number of furan rings is 1. The van der Waals surface area contributed by atoms with Gasteiger partial charge in [0, 0.05) is 17.0 Å². The lowest BCUT2D eigenvalue weighted by molar-refractivity contribution is 0.0991. The highest BCUT2D eigenvalue weighted by molar-refractivity contribution is 6.30. The number of hydrogen-bond acceptors (Lipinski definition) is 3. The SMILES string of the molecule is COc1ccc(Cl)cc1CC(=O)c1coc(C)c1. The van der Waals surface area contributed by atoms with E-state index in [9.17, 15) is 4.79 Å². The van der Waals surface area contributed by atoms with Crippen LogP contribution >= 0.6 is 11.6 Å². The zero-order valence-corrected chi connectivity index (χ0v) is 11.0. The first kappa shape index (κ1) is 12.7. The standard InChI is InChI=1S/C14H13ClO3/c1-9-5-11(8-18-9)13(16)7-10-6-12(15)3-4-14(10)17-2/h3-6,8H,7H2,1-2H3. The number of ketones is 1. The van der Waals surface area contributed by atoms with Crippen molar-refractivity contribution in [1.82, 2.24) is 0 Å². The van der Waals surface area contributed by atoms with Crippen molar-refractivity contribution in [2.24, 2.45) is 0 Å². The maximum Gasteiger partial charge on any atom is 0.170 e. The molecule has 0 bridgehead atoms. The minimum Gasteiger partial charge on any atom is -0.496 e. The number of methoxy groups -OCH3 is 1. The third-order valence-electron chi connectivity index (χ3n) is 2.65. The molecule has 0 atom stereocenters. The van der Waals surface area contributed by atoms with E-state index in [4.69, 9.17) is 20.8 Å². The van der Waals surface area contributed by atoms with Gasteiger partial charge in [-0.2, -0.15) is 0 Å². The van der Waals surface area contributed by atoms with Crippen molar-refractivity contribution in [2.75, 3.05) is 7.11 Å². The van der Waals surface area contributed by atoms with Gasteiger partial charge >= 0.3 is 0 Å². The first-order valence-electron chi connectivity index (χ1n) is 5.51. The molecule has 1 heterocycles. The topological polar surface area (TPSA) is 39.4 Å². The molecule has 18 heavy (non-hydrogen) atoms. The Balaban J connectivity index is 2.23. The molecule has 0 N–H and O–H groups in total. The lowest BCUT2D eigenvalue weighted by Crippen LogP contribution is -2.03. The summed E-state index contributed by atoms with van der Waals surface area (Å²) >= 11 is 5.92. The number of aryl methyl sites for hydroxylation is 1. The van der Waals surface area contributed by atoms with E-state index < -0.39 is 0 Å². The molecule has 1 aromatic carbocycles. The summed E-state index contributed by atoms with van der Waals surface area (Å²) in [5.74, 6) is 1.36. The second kappa shape index (κ2) is 5.27. The van der Waals surface area contributed by atoms with Crippen LogP contribution in [0.1, 0.15) is 21.7 Å². The van der Waals surface area contributed by atoms with Crippen molar-refractivity contribution in [3.05, 3.63) is 52.4 Å². The minimum atomic E-state index is -0.0209. The molecule has 0 fully saturated rings. The predicted octanol–water partition coefficient (Wildman–Crippen LogP) is 3.68. The maximum atomic E-state index is 12.0. The van der Waals surface area contributed by atoms with Gasteiger partial charge in [0.15, 0.2) is 5.78 Å². The van der Waals surface area contributed by atoms with Gasteiger partial charge in [0.1, 0.15) is 17.8 Å². The number of halogens is 1. The summed E-state index contributed by atoms with van der Waals surface area (Å²) in [7, 11) is 1.57. The Morgan fingerprint density at radius 1 is 1.39 bits per heavy atom. The number of hydrogen-bond donors (Lipinski definition) is 0. The lowest BCUT2D eigenvalue weighted by atomic mass is 10.0. The fraction of sp³-hybridized carbons (Fsp3) is 0.214. The van der Waals surface area contributed by atoms with E-state index >= 15 is 0 Å². The number of rotatable bonds is 4. The molecular formula is C14H13ClO3. The number of ether oxygens (including phenoxy) is 1. The van der Waals surface area contributed by atoms with E-state index in [2.05, 4.69) is 0 Å². The molecule has 94 valence electrons. The van der Waals surface area contributed by atoms with E-state index in [0.717, 1.165) is 11.3 Å². The quantitative estimate of drug-likeness (QED) is 0.791. The van der Waals surface area contributed by atoms with Crippen molar-refractivity contribution < 1.29 is 13.9 Å². The van der Waals surface area contributed by atoms with Crippen molar-refractivity contribution in [3.8, 4) is 5.75 Å². The van der Waals surface area contributed by atoms with Gasteiger partial charge in [0.25, 0.3) is 0 Å². The molecule has 0 spiro atoms. The molecule has 0 unspecified atom stereocenters. The summed E-state index contributed by atoms with van der Waals surface area (Å²) in [6.07, 6.45) is 1.71. The third-order valence-corrected chi connectivity index (χ3v) is 2.88. The van der Waals surface area contributed by atoms with E-state index in [0.29, 0.717) is 16.3 Å². The van der Waals surface area contributed by atoms with Gasteiger partial charge in [0.2, 0.25) is 0 Å². The smallest absolute Gasteiger partial charge is 0.170 e. The van der Waals surface area contributed by atoms with Gasteiger partial charge in [-0.1, -0.05) is 11.6 Å². The molecule has 0 aliphatic heterocycles. The monoisotopic (exact) mass is 264 g/mol. The Morgan fingerprint density at radius 2 is 2.17 bits per heavy atom. The summed E-state index contributed by atoms with van der Waals surface area (Å²) in [4.78, 5) is 12.0. The van der Waals surface area contributed by atoms with Crippen LogP contribution in [-0.2, 0) is 6.42 Å². The van der Waals surface area contributed by atoms with Crippen molar-refractivity contribution in [2.45, 2.75) is 13.3 Å². The fourth-order valence-corrected chi connectivity index (χ4v) is 1.94. The van der Waals surface area contributed by atoms with Crippen LogP contribution in [0.25, 0.3) is 0 Å². The summed E-state index contributed by atoms with van der Waals surface area (Å²) in [6.45, 7) is 1.80. The van der Waals surface area contributed by atoms with Gasteiger partial charge in [-0.05, 0) is 31.2 Å². The normalized spacial score (nSPS) is 10.4. The Morgan fingerprint density at radius 3 is 2.78 bits per heavy atom. The average molecular weight is 265 g/mol. The maximum absolute atomic E-state index is 12.0. The molecular weight excluding hydrogens is 252 g/mol. The van der Waals surface area contributed by atoms with E-state index in [-0.39, 0.29) is 12.2 Å². The van der Waals surface area contributed by atoms with Crippen LogP contribution in [-0.4, -0.2) is 12.9 Å². The summed E-state index contributed by atoms with van der Waals surface area (Å²) in [5, 5.41) is 0.585. The highest BCUT2D eigenvalue weighted by Gasteiger charge is 2.13. The Bertz CT molecular complexity index is 572. The van der Waals surface area contributed by atoms with Crippen LogP contribution in [0.4, 0.5) is 0 Å². The summed E-state index contributed by atoms with van der Waals surface area (Å²) < 4.78 is 10.3. The number of carbonyl (C=O) groups excluding carboxylic acids is 1. The highest BCUT2D eigenvalue weighted by Crippen LogP contribution is 2.24. The molecule has 0 saturated carbocycles. The summed E-state index contributed by atoms with van der Waals surface area (Å²) in [5.41, 5.74) is 1.34. The van der Waals surface area contributed by atoms with Crippen LogP contribution in [0.5, 0.6) is 5.75 Å². The van der Waals surface area contributed by atoms with Gasteiger partial charge in [-0.3, -0.25) is 4.79 Å². The third kappa shape index (κ3) is 2.74. The summed E-state index contributed by atoms with van der Waals surface area (Å²) in [6, 6.07) is 6.95. The Labute approximate surface area is 110 Å². The van der Waals surface area contributed by atoms with Crippen LogP contribution in [0.2, 0.25) is 5.02 Å². The van der Waals surface area contributed by atoms with Gasteiger partial charge in [-0.25, -0.2) is 0 Å². The molecule has 0 amide bonds. The van der Waals surface area contributed by atoms with Gasteiger partial charge in [-0.15, -0.1) is 0 Å². The average Bonchev–Trinajstić information content (AvgIpc) is 2.76. The van der Waals surface area contributed by atoms with Crippen molar-refractivity contribution in [1.29, 1.82) is 0 Å². The molecule has 0 saturated heterocycles. The van der Waals surface area contributed by atoms with Crippen LogP contribution < -0.4 is 4.74 Å². The molecule has 0 aliphatic carbocycles. The van der Waals surface area contributed by atoms with Crippen LogP contribution in [0, 0.1) is 6.92 Å². The molecule has 0 aliphatic rings. The van der Waals surface area contributed by atoms with Crippen molar-refractivity contribution >= 4 is 17.4 Å². The largest absolute Gasteiger partial charge is 0.496 e. The van der Waals surface area contributed by atoms with E-state index in [1.54, 1.807) is 38.3 Å². The van der Waals surface area contributed by atoms with E-state index in [1.807, 2.05) is 0 Å². The molecule has 3 nitrogen and oxygen atoms in total. The first-order valence-corrected chi connectivity index (χ1v) is 5.88. The van der Waals surface area contributed by atoms with Gasteiger partial charge in [0.05, 0.1) is 12.7 Å². The van der Waals surface area contributed by atoms with Crippen LogP contribution in [0.15, 0.2) is 34.9 Å². The fourth-order valence-electron chi connectivity index (χ4n) is 1.75. The second-order valence-electron chi connectivity index (χ2n) is 4.00. The minimum absolute atomic E-state index is 0.0209. The number of Topliss-reactive ketones (excluding diaryl/α,β-unsaturated/α-hetero) is 1. The molecule has 0 radical (unpaired) electrons. The van der Waals surface area contributed by atoms with Crippen LogP contribution in [0.3, 0.4) is 0 Å². The van der Waals surface area contributed by atoms with Gasteiger partial charge < -0.3 is 9.15 Å². The van der Waals surface area contributed by atoms with Crippen molar-refractivity contribution in [3.63, 3.8) is 0 Å². The Hall–Kier alpha value is -1.74. The zero-order valence-electron chi connectivity index (χ0n) is 10.2. The molecule has 4 heteroatoms. The highest BCUT2D eigenvalue weighted by atomic mass is 35.5. The molecule has 2 aromatic rings. The zero-order chi connectivity index (χ0) is 13.1. The Kier molecular flexibility index (Phi) is 3.72. The van der Waals surface area contributed by atoms with E-state index in [1.165, 1.54) is 6.26 Å². The molecule has 1 aromatic heterocycles. The first-order chi connectivity index (χ1) is 8.60. The lowest BCUT2D eigenvalue weighted by Gasteiger charge is -2.07. The molecule has 2 rings (SSSR count). The second-order valence-corrected chi connectivity index (χ2v) is 4.44. The number of benzene rings is 1.